The van der Waals surface area contributed by atoms with E-state index >= 15 is 0 Å². The molecule has 0 unspecified atom stereocenters. The van der Waals surface area contributed by atoms with E-state index < -0.39 is 11.8 Å². The molecule has 1 aliphatic rings. The molecule has 0 atom stereocenters. The van der Waals surface area contributed by atoms with Gasteiger partial charge in [0.25, 0.3) is 0 Å². The van der Waals surface area contributed by atoms with Crippen molar-refractivity contribution >= 4 is 28.8 Å². The maximum Gasteiger partial charge on any atom is 0.313 e. The van der Waals surface area contributed by atoms with Crippen molar-refractivity contribution in [3.63, 3.8) is 0 Å². The Morgan fingerprint density at radius 3 is 2.62 bits per heavy atom. The fourth-order valence-electron chi connectivity index (χ4n) is 3.29. The largest absolute Gasteiger partial charge is 0.381 e. The molecule has 5 nitrogen and oxygen atoms in total. The van der Waals surface area contributed by atoms with E-state index in [0.717, 1.165) is 24.0 Å². The molecule has 3 rings (SSSR count). The van der Waals surface area contributed by atoms with Crippen LogP contribution in [0.1, 0.15) is 29.5 Å². The Morgan fingerprint density at radius 2 is 1.92 bits per heavy atom. The van der Waals surface area contributed by atoms with E-state index in [-0.39, 0.29) is 5.41 Å². The van der Waals surface area contributed by atoms with Crippen molar-refractivity contribution in [1.29, 1.82) is 0 Å². The van der Waals surface area contributed by atoms with Crippen LogP contribution in [0.3, 0.4) is 0 Å². The molecule has 26 heavy (non-hydrogen) atoms. The smallest absolute Gasteiger partial charge is 0.313 e. The zero-order valence-electron chi connectivity index (χ0n) is 15.1. The highest BCUT2D eigenvalue weighted by Crippen LogP contribution is 2.35. The Labute approximate surface area is 157 Å². The summed E-state index contributed by atoms with van der Waals surface area (Å²) in [4.78, 5) is 24.6. The van der Waals surface area contributed by atoms with Gasteiger partial charge in [0.1, 0.15) is 0 Å². The molecule has 6 heteroatoms. The molecule has 0 radical (unpaired) electrons. The molecule has 0 bridgehead atoms. The van der Waals surface area contributed by atoms with Crippen LogP contribution in [-0.4, -0.2) is 31.6 Å². The summed E-state index contributed by atoms with van der Waals surface area (Å²) in [6.07, 6.45) is 1.67. The molecule has 2 aromatic rings. The molecule has 2 heterocycles. The molecule has 1 saturated heterocycles. The number of carbonyl (C=O) groups is 2. The summed E-state index contributed by atoms with van der Waals surface area (Å²) in [5, 5.41) is 9.71. The maximum absolute atomic E-state index is 12.3. The summed E-state index contributed by atoms with van der Waals surface area (Å²) in [5.41, 5.74) is 3.76. The van der Waals surface area contributed by atoms with Crippen LogP contribution in [0.25, 0.3) is 0 Å². The number of carbonyl (C=O) groups excluding carboxylic acids is 2. The minimum Gasteiger partial charge on any atom is -0.381 e. The average molecular weight is 372 g/mol. The highest BCUT2D eigenvalue weighted by molar-refractivity contribution is 7.08. The first-order valence-electron chi connectivity index (χ1n) is 8.78. The second-order valence-corrected chi connectivity index (χ2v) is 7.57. The standard InChI is InChI=1S/C20H24N2O3S/c1-14-4-3-5-17(15(14)2)22-19(24)18(23)21-13-20(7-9-25-10-8-20)16-6-11-26-12-16/h3-6,11-12H,7-10,13H2,1-2H3,(H,21,23)(H,22,24). The van der Waals surface area contributed by atoms with Gasteiger partial charge in [0, 0.05) is 30.9 Å². The number of thiophene rings is 1. The van der Waals surface area contributed by atoms with Crippen molar-refractivity contribution in [2.75, 3.05) is 25.1 Å². The molecule has 1 aromatic heterocycles. The highest BCUT2D eigenvalue weighted by Gasteiger charge is 2.35. The van der Waals surface area contributed by atoms with Crippen molar-refractivity contribution in [2.24, 2.45) is 0 Å². The first-order valence-corrected chi connectivity index (χ1v) is 9.72. The van der Waals surface area contributed by atoms with Gasteiger partial charge >= 0.3 is 11.8 Å². The summed E-state index contributed by atoms with van der Waals surface area (Å²) >= 11 is 1.64. The molecule has 2 N–H and O–H groups in total. The minimum atomic E-state index is -0.633. The lowest BCUT2D eigenvalue weighted by atomic mass is 9.75. The van der Waals surface area contributed by atoms with Gasteiger partial charge in [-0.3, -0.25) is 9.59 Å². The number of hydrogen-bond acceptors (Lipinski definition) is 4. The second-order valence-electron chi connectivity index (χ2n) is 6.79. The molecule has 0 aliphatic carbocycles. The molecule has 1 aromatic carbocycles. The second kappa shape index (κ2) is 8.01. The number of nitrogens with one attached hydrogen (secondary N) is 2. The van der Waals surface area contributed by atoms with Crippen LogP contribution < -0.4 is 10.6 Å². The third-order valence-corrected chi connectivity index (χ3v) is 5.91. The van der Waals surface area contributed by atoms with Crippen molar-refractivity contribution in [1.82, 2.24) is 5.32 Å². The number of hydrogen-bond donors (Lipinski definition) is 2. The number of aryl methyl sites for hydroxylation is 1. The number of rotatable bonds is 4. The van der Waals surface area contributed by atoms with Gasteiger partial charge in [-0.15, -0.1) is 0 Å². The molecule has 1 fully saturated rings. The lowest BCUT2D eigenvalue weighted by Gasteiger charge is -2.37. The Kier molecular flexibility index (Phi) is 5.74. The SMILES string of the molecule is Cc1cccc(NC(=O)C(=O)NCC2(c3ccsc3)CCOCC2)c1C. The van der Waals surface area contributed by atoms with Crippen molar-refractivity contribution in [3.05, 3.63) is 51.7 Å². The topological polar surface area (TPSA) is 67.4 Å². The average Bonchev–Trinajstić information content (AvgIpc) is 3.19. The molecule has 0 spiro atoms. The summed E-state index contributed by atoms with van der Waals surface area (Å²) in [7, 11) is 0. The van der Waals surface area contributed by atoms with E-state index in [1.807, 2.05) is 31.4 Å². The predicted octanol–water partition coefficient (Wildman–Crippen LogP) is 3.17. The van der Waals surface area contributed by atoms with Gasteiger partial charge in [-0.25, -0.2) is 0 Å². The fraction of sp³-hybridized carbons (Fsp3) is 0.400. The lowest BCUT2D eigenvalue weighted by molar-refractivity contribution is -0.136. The quantitative estimate of drug-likeness (QED) is 0.810. The van der Waals surface area contributed by atoms with E-state index in [9.17, 15) is 9.59 Å². The summed E-state index contributed by atoms with van der Waals surface area (Å²) in [6, 6.07) is 7.74. The van der Waals surface area contributed by atoms with Crippen LogP contribution >= 0.6 is 11.3 Å². The summed E-state index contributed by atoms with van der Waals surface area (Å²) < 4.78 is 5.49. The van der Waals surface area contributed by atoms with Crippen LogP contribution in [0.4, 0.5) is 5.69 Å². The Bertz CT molecular complexity index is 780. The van der Waals surface area contributed by atoms with Crippen LogP contribution in [0.15, 0.2) is 35.0 Å². The van der Waals surface area contributed by atoms with Crippen LogP contribution in [0.5, 0.6) is 0 Å². The monoisotopic (exact) mass is 372 g/mol. The Hall–Kier alpha value is -2.18. The fourth-order valence-corrected chi connectivity index (χ4v) is 4.07. The minimum absolute atomic E-state index is 0.159. The highest BCUT2D eigenvalue weighted by atomic mass is 32.1. The normalized spacial score (nSPS) is 16.1. The van der Waals surface area contributed by atoms with E-state index in [4.69, 9.17) is 4.74 Å². The third kappa shape index (κ3) is 3.97. The van der Waals surface area contributed by atoms with Gasteiger partial charge < -0.3 is 15.4 Å². The van der Waals surface area contributed by atoms with Crippen LogP contribution in [-0.2, 0) is 19.7 Å². The zero-order chi connectivity index (χ0) is 18.6. The van der Waals surface area contributed by atoms with Gasteiger partial charge in [0.15, 0.2) is 0 Å². The number of ether oxygens (including phenoxy) is 1. The van der Waals surface area contributed by atoms with E-state index in [0.29, 0.717) is 25.4 Å². The van der Waals surface area contributed by atoms with Crippen molar-refractivity contribution in [2.45, 2.75) is 32.1 Å². The van der Waals surface area contributed by atoms with Gasteiger partial charge in [-0.1, -0.05) is 12.1 Å². The summed E-state index contributed by atoms with van der Waals surface area (Å²) in [6.45, 7) is 5.67. The van der Waals surface area contributed by atoms with Gasteiger partial charge in [0.05, 0.1) is 0 Å². The first-order chi connectivity index (χ1) is 12.5. The molecular formula is C20H24N2O3S. The van der Waals surface area contributed by atoms with Crippen molar-refractivity contribution in [3.8, 4) is 0 Å². The van der Waals surface area contributed by atoms with Gasteiger partial charge in [-0.2, -0.15) is 11.3 Å². The van der Waals surface area contributed by atoms with Gasteiger partial charge in [0.2, 0.25) is 0 Å². The number of anilines is 1. The maximum atomic E-state index is 12.3. The molecule has 2 amide bonds. The molecular weight excluding hydrogens is 348 g/mol. The predicted molar refractivity (Wildman–Crippen MR) is 104 cm³/mol. The number of amides is 2. The van der Waals surface area contributed by atoms with Crippen LogP contribution in [0.2, 0.25) is 0 Å². The van der Waals surface area contributed by atoms with Crippen molar-refractivity contribution < 1.29 is 14.3 Å². The van der Waals surface area contributed by atoms with Gasteiger partial charge in [-0.05, 0) is 66.3 Å². The molecule has 0 saturated carbocycles. The van der Waals surface area contributed by atoms with Crippen LogP contribution in [0, 0.1) is 13.8 Å². The molecule has 138 valence electrons. The Morgan fingerprint density at radius 1 is 1.15 bits per heavy atom. The third-order valence-electron chi connectivity index (χ3n) is 5.23. The Balaban J connectivity index is 1.65. The molecule has 1 aliphatic heterocycles. The van der Waals surface area contributed by atoms with E-state index in [1.54, 1.807) is 17.4 Å². The zero-order valence-corrected chi connectivity index (χ0v) is 15.9. The lowest BCUT2D eigenvalue weighted by Crippen LogP contribution is -2.47. The summed E-state index contributed by atoms with van der Waals surface area (Å²) in [5.74, 6) is -1.24. The van der Waals surface area contributed by atoms with E-state index in [1.165, 1.54) is 5.56 Å². The first kappa shape index (κ1) is 18.6. The van der Waals surface area contributed by atoms with E-state index in [2.05, 4.69) is 22.1 Å². The number of benzene rings is 1.